The van der Waals surface area contributed by atoms with E-state index in [-0.39, 0.29) is 4.90 Å². The summed E-state index contributed by atoms with van der Waals surface area (Å²) in [7, 11) is -3.46. The van der Waals surface area contributed by atoms with Gasteiger partial charge in [0.2, 0.25) is 10.0 Å². The van der Waals surface area contributed by atoms with Crippen molar-refractivity contribution in [2.24, 2.45) is 11.8 Å². The van der Waals surface area contributed by atoms with Crippen LogP contribution in [0.5, 0.6) is 0 Å². The lowest BCUT2D eigenvalue weighted by molar-refractivity contribution is 0.199. The zero-order valence-corrected chi connectivity index (χ0v) is 13.6. The van der Waals surface area contributed by atoms with Gasteiger partial charge in [0.05, 0.1) is 11.0 Å². The number of nitrogens with one attached hydrogen (secondary N) is 1. The topological polar surface area (TPSA) is 66.4 Å². The number of aliphatic hydroxyl groups excluding tert-OH is 1. The summed E-state index contributed by atoms with van der Waals surface area (Å²) < 4.78 is 27.3. The molecule has 1 fully saturated rings. The SMILES string of the molecule is CC(O)c1ccc(S(=O)(=O)NCC2CCCCC2C)cc1. The van der Waals surface area contributed by atoms with E-state index in [1.807, 2.05) is 0 Å². The van der Waals surface area contributed by atoms with E-state index >= 15 is 0 Å². The van der Waals surface area contributed by atoms with Crippen molar-refractivity contribution in [3.05, 3.63) is 29.8 Å². The van der Waals surface area contributed by atoms with Gasteiger partial charge in [0, 0.05) is 6.54 Å². The number of rotatable bonds is 5. The van der Waals surface area contributed by atoms with Gasteiger partial charge < -0.3 is 5.11 Å². The van der Waals surface area contributed by atoms with Crippen molar-refractivity contribution in [1.82, 2.24) is 4.72 Å². The van der Waals surface area contributed by atoms with E-state index in [2.05, 4.69) is 11.6 Å². The highest BCUT2D eigenvalue weighted by atomic mass is 32.2. The second kappa shape index (κ2) is 6.90. The van der Waals surface area contributed by atoms with Gasteiger partial charge in [-0.1, -0.05) is 38.3 Å². The predicted molar refractivity (Wildman–Crippen MR) is 83.4 cm³/mol. The van der Waals surface area contributed by atoms with Gasteiger partial charge in [0.1, 0.15) is 0 Å². The summed E-state index contributed by atoms with van der Waals surface area (Å²) >= 11 is 0. The molecule has 1 aliphatic rings. The van der Waals surface area contributed by atoms with Crippen molar-refractivity contribution in [1.29, 1.82) is 0 Å². The van der Waals surface area contributed by atoms with Crippen LogP contribution in [0.2, 0.25) is 0 Å². The molecule has 5 heteroatoms. The second-order valence-electron chi connectivity index (χ2n) is 6.12. The van der Waals surface area contributed by atoms with Gasteiger partial charge in [0.25, 0.3) is 0 Å². The largest absolute Gasteiger partial charge is 0.389 e. The third kappa shape index (κ3) is 4.28. The van der Waals surface area contributed by atoms with E-state index < -0.39 is 16.1 Å². The average Bonchev–Trinajstić information content (AvgIpc) is 2.46. The summed E-state index contributed by atoms with van der Waals surface area (Å²) in [5, 5.41) is 9.46. The van der Waals surface area contributed by atoms with Crippen LogP contribution in [0.3, 0.4) is 0 Å². The summed E-state index contributed by atoms with van der Waals surface area (Å²) in [6, 6.07) is 6.41. The van der Waals surface area contributed by atoms with Gasteiger partial charge in [0.15, 0.2) is 0 Å². The summed E-state index contributed by atoms with van der Waals surface area (Å²) in [6.45, 7) is 4.38. The van der Waals surface area contributed by atoms with Gasteiger partial charge in [-0.25, -0.2) is 13.1 Å². The van der Waals surface area contributed by atoms with Crippen LogP contribution in [0, 0.1) is 11.8 Å². The maximum atomic E-state index is 12.3. The van der Waals surface area contributed by atoms with Crippen LogP contribution in [0.1, 0.15) is 51.2 Å². The standard InChI is InChI=1S/C16H25NO3S/c1-12-5-3-4-6-15(12)11-17-21(19,20)16-9-7-14(8-10-16)13(2)18/h7-10,12-13,15,17-18H,3-6,11H2,1-2H3. The van der Waals surface area contributed by atoms with Crippen LogP contribution < -0.4 is 4.72 Å². The van der Waals surface area contributed by atoms with E-state index in [0.717, 1.165) is 12.0 Å². The second-order valence-corrected chi connectivity index (χ2v) is 7.89. The van der Waals surface area contributed by atoms with E-state index in [4.69, 9.17) is 0 Å². The molecule has 0 spiro atoms. The molecule has 2 N–H and O–H groups in total. The quantitative estimate of drug-likeness (QED) is 0.878. The highest BCUT2D eigenvalue weighted by molar-refractivity contribution is 7.89. The Morgan fingerprint density at radius 3 is 2.43 bits per heavy atom. The summed E-state index contributed by atoms with van der Waals surface area (Å²) in [6.07, 6.45) is 4.16. The van der Waals surface area contributed by atoms with Crippen LogP contribution in [-0.2, 0) is 10.0 Å². The summed E-state index contributed by atoms with van der Waals surface area (Å²) in [5.74, 6) is 1.02. The van der Waals surface area contributed by atoms with Gasteiger partial charge in [-0.3, -0.25) is 0 Å². The molecule has 1 aliphatic carbocycles. The first-order valence-corrected chi connectivity index (χ1v) is 9.16. The highest BCUT2D eigenvalue weighted by Gasteiger charge is 2.23. The maximum absolute atomic E-state index is 12.3. The molecule has 3 unspecified atom stereocenters. The Kier molecular flexibility index (Phi) is 5.41. The Morgan fingerprint density at radius 2 is 1.86 bits per heavy atom. The minimum absolute atomic E-state index is 0.260. The molecule has 118 valence electrons. The monoisotopic (exact) mass is 311 g/mol. The minimum atomic E-state index is -3.46. The average molecular weight is 311 g/mol. The van der Waals surface area contributed by atoms with Gasteiger partial charge in [-0.15, -0.1) is 0 Å². The van der Waals surface area contributed by atoms with Crippen molar-refractivity contribution < 1.29 is 13.5 Å². The van der Waals surface area contributed by atoms with E-state index in [9.17, 15) is 13.5 Å². The molecule has 0 radical (unpaired) electrons. The van der Waals surface area contributed by atoms with E-state index in [1.165, 1.54) is 19.3 Å². The normalized spacial score (nSPS) is 24.7. The number of hydrogen-bond donors (Lipinski definition) is 2. The fourth-order valence-electron chi connectivity index (χ4n) is 2.92. The van der Waals surface area contributed by atoms with Gasteiger partial charge in [-0.2, -0.15) is 0 Å². The number of benzene rings is 1. The molecule has 4 nitrogen and oxygen atoms in total. The van der Waals surface area contributed by atoms with Crippen LogP contribution in [0.25, 0.3) is 0 Å². The number of hydrogen-bond acceptors (Lipinski definition) is 3. The van der Waals surface area contributed by atoms with Crippen LogP contribution in [0.15, 0.2) is 29.2 Å². The Bertz CT molecular complexity index is 551. The van der Waals surface area contributed by atoms with Crippen LogP contribution >= 0.6 is 0 Å². The molecule has 0 heterocycles. The smallest absolute Gasteiger partial charge is 0.240 e. The Hall–Kier alpha value is -0.910. The predicted octanol–water partition coefficient (Wildman–Crippen LogP) is 2.84. The molecule has 21 heavy (non-hydrogen) atoms. The number of aliphatic hydroxyl groups is 1. The number of sulfonamides is 1. The first-order valence-electron chi connectivity index (χ1n) is 7.68. The Labute approximate surface area is 127 Å². The molecule has 0 bridgehead atoms. The van der Waals surface area contributed by atoms with Crippen molar-refractivity contribution in [2.45, 2.75) is 50.5 Å². The van der Waals surface area contributed by atoms with Gasteiger partial charge >= 0.3 is 0 Å². The lowest BCUT2D eigenvalue weighted by atomic mass is 9.81. The zero-order valence-electron chi connectivity index (χ0n) is 12.7. The molecule has 0 aromatic heterocycles. The Balaban J connectivity index is 2.00. The van der Waals surface area contributed by atoms with Crippen molar-refractivity contribution >= 4 is 10.0 Å². The van der Waals surface area contributed by atoms with Crippen molar-refractivity contribution in [3.8, 4) is 0 Å². The first-order chi connectivity index (χ1) is 9.90. The zero-order chi connectivity index (χ0) is 15.5. The highest BCUT2D eigenvalue weighted by Crippen LogP contribution is 2.29. The summed E-state index contributed by atoms with van der Waals surface area (Å²) in [4.78, 5) is 0.260. The third-order valence-corrected chi connectivity index (χ3v) is 5.94. The third-order valence-electron chi connectivity index (χ3n) is 4.50. The molecular weight excluding hydrogens is 286 g/mol. The lowest BCUT2D eigenvalue weighted by Gasteiger charge is -2.28. The summed E-state index contributed by atoms with van der Waals surface area (Å²) in [5.41, 5.74) is 0.717. The van der Waals surface area contributed by atoms with Gasteiger partial charge in [-0.05, 0) is 42.9 Å². The molecule has 1 aromatic rings. The lowest BCUT2D eigenvalue weighted by Crippen LogP contribution is -2.33. The fraction of sp³-hybridized carbons (Fsp3) is 0.625. The molecule has 2 rings (SSSR count). The first kappa shape index (κ1) is 16.5. The van der Waals surface area contributed by atoms with E-state index in [1.54, 1.807) is 31.2 Å². The molecule has 0 amide bonds. The maximum Gasteiger partial charge on any atom is 0.240 e. The molecule has 3 atom stereocenters. The fourth-order valence-corrected chi connectivity index (χ4v) is 4.02. The van der Waals surface area contributed by atoms with Crippen molar-refractivity contribution in [3.63, 3.8) is 0 Å². The minimum Gasteiger partial charge on any atom is -0.389 e. The Morgan fingerprint density at radius 1 is 1.24 bits per heavy atom. The molecular formula is C16H25NO3S. The van der Waals surface area contributed by atoms with Crippen LogP contribution in [0.4, 0.5) is 0 Å². The molecule has 1 aromatic carbocycles. The van der Waals surface area contributed by atoms with E-state index in [0.29, 0.717) is 18.4 Å². The van der Waals surface area contributed by atoms with Crippen LogP contribution in [-0.4, -0.2) is 20.1 Å². The molecule has 0 saturated heterocycles. The molecule has 0 aliphatic heterocycles. The molecule has 1 saturated carbocycles. The van der Waals surface area contributed by atoms with Crippen molar-refractivity contribution in [2.75, 3.05) is 6.54 Å².